The third-order valence-corrected chi connectivity index (χ3v) is 6.78. The predicted octanol–water partition coefficient (Wildman–Crippen LogP) is 8.26. The average molecular weight is 401 g/mol. The van der Waals surface area contributed by atoms with Crippen molar-refractivity contribution in [3.63, 3.8) is 0 Å². The molecule has 0 nitrogen and oxygen atoms in total. The van der Waals surface area contributed by atoms with Crippen LogP contribution in [0.4, 0.5) is 4.39 Å². The Balaban J connectivity index is 1.97. The average Bonchev–Trinajstić information content (AvgIpc) is 3.05. The molecule has 146 valence electrons. The molecule has 0 aliphatic rings. The van der Waals surface area contributed by atoms with Crippen LogP contribution in [0.25, 0.3) is 26.8 Å². The Labute approximate surface area is 176 Å². The molecular formula is C27H25FS. The van der Waals surface area contributed by atoms with Crippen LogP contribution in [0.3, 0.4) is 0 Å². The van der Waals surface area contributed by atoms with E-state index in [1.54, 1.807) is 23.5 Å². The van der Waals surface area contributed by atoms with E-state index in [1.807, 2.05) is 13.8 Å². The Kier molecular flexibility index (Phi) is 5.14. The van der Waals surface area contributed by atoms with Gasteiger partial charge in [0.05, 0.1) is 0 Å². The van der Waals surface area contributed by atoms with E-state index < -0.39 is 0 Å². The van der Waals surface area contributed by atoms with Crippen molar-refractivity contribution in [2.75, 3.05) is 0 Å². The molecule has 0 saturated carbocycles. The van der Waals surface area contributed by atoms with E-state index in [0.717, 1.165) is 33.6 Å². The molecule has 0 spiro atoms. The van der Waals surface area contributed by atoms with Crippen molar-refractivity contribution >= 4 is 27.0 Å². The zero-order valence-electron chi connectivity index (χ0n) is 17.4. The van der Waals surface area contributed by atoms with Gasteiger partial charge in [-0.25, -0.2) is 4.39 Å². The van der Waals surface area contributed by atoms with E-state index in [1.165, 1.54) is 32.3 Å². The SMILES string of the molecule is C=C(c1sc2cc(C)ccc2c1-c1ccc(CC)cc1)c1c(C)cc(F)cc1C. The molecule has 4 aromatic rings. The zero-order chi connectivity index (χ0) is 20.7. The van der Waals surface area contributed by atoms with Gasteiger partial charge in [0, 0.05) is 20.5 Å². The summed E-state index contributed by atoms with van der Waals surface area (Å²) < 4.78 is 15.1. The van der Waals surface area contributed by atoms with Crippen molar-refractivity contribution < 1.29 is 4.39 Å². The lowest BCUT2D eigenvalue weighted by molar-refractivity contribution is 0.625. The summed E-state index contributed by atoms with van der Waals surface area (Å²) in [5, 5.41) is 1.25. The molecule has 1 heterocycles. The molecule has 0 aliphatic carbocycles. The monoisotopic (exact) mass is 400 g/mol. The second kappa shape index (κ2) is 7.61. The van der Waals surface area contributed by atoms with Crippen LogP contribution < -0.4 is 0 Å². The first-order valence-corrected chi connectivity index (χ1v) is 10.8. The van der Waals surface area contributed by atoms with Crippen molar-refractivity contribution in [2.24, 2.45) is 0 Å². The van der Waals surface area contributed by atoms with Gasteiger partial charge in [0.15, 0.2) is 0 Å². The highest BCUT2D eigenvalue weighted by atomic mass is 32.1. The largest absolute Gasteiger partial charge is 0.207 e. The molecule has 29 heavy (non-hydrogen) atoms. The summed E-state index contributed by atoms with van der Waals surface area (Å²) in [4.78, 5) is 1.16. The molecule has 2 heteroatoms. The van der Waals surface area contributed by atoms with Crippen LogP contribution in [0.2, 0.25) is 0 Å². The minimum Gasteiger partial charge on any atom is -0.207 e. The predicted molar refractivity (Wildman–Crippen MR) is 125 cm³/mol. The molecule has 0 atom stereocenters. The van der Waals surface area contributed by atoms with Crippen LogP contribution in [0, 0.1) is 26.6 Å². The number of aryl methyl sites for hydroxylation is 4. The highest BCUT2D eigenvalue weighted by Gasteiger charge is 2.20. The number of halogens is 1. The zero-order valence-corrected chi connectivity index (χ0v) is 18.2. The summed E-state index contributed by atoms with van der Waals surface area (Å²) in [6.45, 7) is 12.7. The molecule has 0 unspecified atom stereocenters. The van der Waals surface area contributed by atoms with Crippen molar-refractivity contribution in [1.29, 1.82) is 0 Å². The van der Waals surface area contributed by atoms with Crippen molar-refractivity contribution in [2.45, 2.75) is 34.1 Å². The molecule has 1 aromatic heterocycles. The number of fused-ring (bicyclic) bond motifs is 1. The van der Waals surface area contributed by atoms with Crippen LogP contribution in [-0.4, -0.2) is 0 Å². The maximum Gasteiger partial charge on any atom is 0.123 e. The Hall–Kier alpha value is -2.71. The fourth-order valence-electron chi connectivity index (χ4n) is 4.11. The number of hydrogen-bond acceptors (Lipinski definition) is 1. The van der Waals surface area contributed by atoms with Gasteiger partial charge < -0.3 is 0 Å². The van der Waals surface area contributed by atoms with E-state index >= 15 is 0 Å². The quantitative estimate of drug-likeness (QED) is 0.323. The first-order chi connectivity index (χ1) is 13.9. The lowest BCUT2D eigenvalue weighted by Crippen LogP contribution is -1.96. The number of benzene rings is 3. The van der Waals surface area contributed by atoms with Gasteiger partial charge in [-0.2, -0.15) is 0 Å². The van der Waals surface area contributed by atoms with Crippen molar-refractivity contribution in [3.8, 4) is 11.1 Å². The Bertz CT molecular complexity index is 1200. The molecule has 0 radical (unpaired) electrons. The molecule has 0 aliphatic heterocycles. The Morgan fingerprint density at radius 1 is 0.931 bits per heavy atom. The maximum atomic E-state index is 13.9. The number of hydrogen-bond donors (Lipinski definition) is 0. The summed E-state index contributed by atoms with van der Waals surface area (Å²) in [6.07, 6.45) is 1.03. The highest BCUT2D eigenvalue weighted by Crippen LogP contribution is 2.45. The van der Waals surface area contributed by atoms with Gasteiger partial charge in [0.2, 0.25) is 0 Å². The highest BCUT2D eigenvalue weighted by molar-refractivity contribution is 7.20. The summed E-state index contributed by atoms with van der Waals surface area (Å²) >= 11 is 1.77. The number of rotatable bonds is 4. The molecular weight excluding hydrogens is 375 g/mol. The van der Waals surface area contributed by atoms with Crippen molar-refractivity contribution in [3.05, 3.63) is 99.7 Å². The molecule has 0 amide bonds. The third kappa shape index (κ3) is 3.54. The molecule has 0 saturated heterocycles. The van der Waals surface area contributed by atoms with Crippen LogP contribution >= 0.6 is 11.3 Å². The minimum atomic E-state index is -0.195. The number of thiophene rings is 1. The van der Waals surface area contributed by atoms with E-state index in [-0.39, 0.29) is 5.82 Å². The second-order valence-corrected chi connectivity index (χ2v) is 8.80. The lowest BCUT2D eigenvalue weighted by atomic mass is 9.91. The molecule has 4 rings (SSSR count). The van der Waals surface area contributed by atoms with Gasteiger partial charge in [0.25, 0.3) is 0 Å². The second-order valence-electron chi connectivity index (χ2n) is 7.75. The Morgan fingerprint density at radius 2 is 1.59 bits per heavy atom. The van der Waals surface area contributed by atoms with E-state index in [9.17, 15) is 4.39 Å². The first-order valence-electron chi connectivity index (χ1n) is 9.98. The maximum absolute atomic E-state index is 13.9. The van der Waals surface area contributed by atoms with Crippen LogP contribution in [-0.2, 0) is 6.42 Å². The van der Waals surface area contributed by atoms with Crippen LogP contribution in [0.5, 0.6) is 0 Å². The van der Waals surface area contributed by atoms with E-state index in [0.29, 0.717) is 0 Å². The third-order valence-electron chi connectivity index (χ3n) is 5.57. The standard InChI is InChI=1S/C27H25FS/c1-6-20-8-10-21(11-9-20)26-23-12-7-16(2)13-24(23)29-27(26)19(5)25-17(3)14-22(28)15-18(25)4/h7-15H,5-6H2,1-4H3. The molecule has 0 N–H and O–H groups in total. The topological polar surface area (TPSA) is 0 Å². The smallest absolute Gasteiger partial charge is 0.123 e. The van der Waals surface area contributed by atoms with E-state index in [2.05, 4.69) is 62.9 Å². The van der Waals surface area contributed by atoms with Gasteiger partial charge in [-0.15, -0.1) is 11.3 Å². The fraction of sp³-hybridized carbons (Fsp3) is 0.185. The van der Waals surface area contributed by atoms with Gasteiger partial charge in [-0.05, 0) is 84.3 Å². The van der Waals surface area contributed by atoms with Gasteiger partial charge in [-0.1, -0.05) is 49.9 Å². The van der Waals surface area contributed by atoms with Crippen LogP contribution in [0.1, 0.15) is 39.6 Å². The minimum absolute atomic E-state index is 0.195. The molecule has 0 fully saturated rings. The summed E-state index contributed by atoms with van der Waals surface area (Å²) in [7, 11) is 0. The summed E-state index contributed by atoms with van der Waals surface area (Å²) in [5.41, 5.74) is 8.86. The molecule has 3 aromatic carbocycles. The van der Waals surface area contributed by atoms with Gasteiger partial charge in [0.1, 0.15) is 5.82 Å². The lowest BCUT2D eigenvalue weighted by Gasteiger charge is -2.14. The first kappa shape index (κ1) is 19.6. The Morgan fingerprint density at radius 3 is 2.21 bits per heavy atom. The van der Waals surface area contributed by atoms with Crippen LogP contribution in [0.15, 0.2) is 61.2 Å². The normalized spacial score (nSPS) is 11.2. The summed E-state index contributed by atoms with van der Waals surface area (Å²) in [5.74, 6) is -0.195. The van der Waals surface area contributed by atoms with Crippen molar-refractivity contribution in [1.82, 2.24) is 0 Å². The van der Waals surface area contributed by atoms with Gasteiger partial charge >= 0.3 is 0 Å². The molecule has 0 bridgehead atoms. The van der Waals surface area contributed by atoms with E-state index in [4.69, 9.17) is 0 Å². The summed E-state index contributed by atoms with van der Waals surface area (Å²) in [6, 6.07) is 18.6. The fourth-order valence-corrected chi connectivity index (χ4v) is 5.41. The van der Waals surface area contributed by atoms with Gasteiger partial charge in [-0.3, -0.25) is 0 Å².